The van der Waals surface area contributed by atoms with Gasteiger partial charge in [-0.1, -0.05) is 58.5 Å². The van der Waals surface area contributed by atoms with Crippen molar-refractivity contribution < 1.29 is 14.3 Å². The van der Waals surface area contributed by atoms with Crippen LogP contribution in [0.4, 0.5) is 0 Å². The summed E-state index contributed by atoms with van der Waals surface area (Å²) in [6.45, 7) is 0. The van der Waals surface area contributed by atoms with Gasteiger partial charge in [0, 0.05) is 11.4 Å². The number of halogens is 4. The van der Waals surface area contributed by atoms with Crippen LogP contribution in [0.25, 0.3) is 0 Å². The lowest BCUT2D eigenvalue weighted by molar-refractivity contribution is -0.150. The maximum absolute atomic E-state index is 12.7. The molecule has 1 heterocycles. The molecule has 0 aromatic heterocycles. The van der Waals surface area contributed by atoms with Crippen LogP contribution in [0.5, 0.6) is 0 Å². The number of hydrogen-bond donors (Lipinski definition) is 0. The van der Waals surface area contributed by atoms with Crippen molar-refractivity contribution in [3.05, 3.63) is 67.6 Å². The van der Waals surface area contributed by atoms with Gasteiger partial charge in [0.15, 0.2) is 0 Å². The van der Waals surface area contributed by atoms with Gasteiger partial charge in [-0.2, -0.15) is 0 Å². The number of carbonyl (C=O) groups is 2. The lowest BCUT2D eigenvalue weighted by atomic mass is 9.96. The van der Waals surface area contributed by atoms with Gasteiger partial charge in [0.1, 0.15) is 6.04 Å². The molecule has 1 fully saturated rings. The summed E-state index contributed by atoms with van der Waals surface area (Å²) in [5, 5.41) is 1.31. The van der Waals surface area contributed by atoms with Crippen LogP contribution >= 0.6 is 46.4 Å². The van der Waals surface area contributed by atoms with Crippen LogP contribution in [0.15, 0.2) is 36.4 Å². The number of amides is 1. The van der Waals surface area contributed by atoms with Crippen LogP contribution in [0.1, 0.15) is 30.0 Å². The van der Waals surface area contributed by atoms with Crippen LogP contribution < -0.4 is 0 Å². The summed E-state index contributed by atoms with van der Waals surface area (Å²) in [6.07, 6.45) is 0.629. The van der Waals surface area contributed by atoms with E-state index in [-0.39, 0.29) is 27.4 Å². The Balaban J connectivity index is 2.17. The number of benzene rings is 2. The molecule has 1 aliphatic heterocycles. The number of likely N-dealkylation sites (tertiary alicyclic amines) is 1. The van der Waals surface area contributed by atoms with Gasteiger partial charge in [0.05, 0.1) is 28.2 Å². The van der Waals surface area contributed by atoms with Crippen molar-refractivity contribution in [1.82, 2.24) is 4.90 Å². The van der Waals surface area contributed by atoms with E-state index in [4.69, 9.17) is 51.1 Å². The first-order valence-electron chi connectivity index (χ1n) is 8.12. The normalized spacial score (nSPS) is 17.9. The zero-order valence-electron chi connectivity index (χ0n) is 14.2. The molecule has 3 rings (SSSR count). The maximum Gasteiger partial charge on any atom is 0.328 e. The van der Waals surface area contributed by atoms with Crippen molar-refractivity contribution in [2.24, 2.45) is 0 Å². The average Bonchev–Trinajstić information content (AvgIpc) is 3.02. The van der Waals surface area contributed by atoms with Gasteiger partial charge in [-0.25, -0.2) is 4.79 Å². The molecule has 8 heteroatoms. The summed E-state index contributed by atoms with van der Waals surface area (Å²) in [5.74, 6) is -0.626. The minimum Gasteiger partial charge on any atom is -0.467 e. The zero-order chi connectivity index (χ0) is 19.7. The van der Waals surface area contributed by atoms with Gasteiger partial charge in [0.25, 0.3) is 0 Å². The molecule has 2 aromatic carbocycles. The van der Waals surface area contributed by atoms with E-state index in [0.717, 1.165) is 5.56 Å². The van der Waals surface area contributed by atoms with E-state index in [1.54, 1.807) is 36.4 Å². The molecule has 2 unspecified atom stereocenters. The Labute approximate surface area is 176 Å². The van der Waals surface area contributed by atoms with E-state index >= 15 is 0 Å². The molecule has 2 aromatic rings. The van der Waals surface area contributed by atoms with Crippen molar-refractivity contribution in [3.8, 4) is 0 Å². The average molecular weight is 447 g/mol. The molecule has 0 aliphatic carbocycles. The van der Waals surface area contributed by atoms with E-state index in [1.807, 2.05) is 0 Å². The molecule has 1 saturated heterocycles. The number of rotatable bonds is 4. The van der Waals surface area contributed by atoms with Gasteiger partial charge in [-0.05, 0) is 41.8 Å². The van der Waals surface area contributed by atoms with Crippen molar-refractivity contribution >= 4 is 58.3 Å². The summed E-state index contributed by atoms with van der Waals surface area (Å²) >= 11 is 24.5. The molecule has 0 saturated carbocycles. The minimum absolute atomic E-state index is 0.160. The first-order valence-corrected chi connectivity index (χ1v) is 9.63. The molecule has 2 atom stereocenters. The number of carbonyl (C=O) groups excluding carboxylic acids is 2. The number of esters is 1. The van der Waals surface area contributed by atoms with E-state index < -0.39 is 18.1 Å². The fraction of sp³-hybridized carbons (Fsp3) is 0.263. The molecular weight excluding hydrogens is 432 g/mol. The van der Waals surface area contributed by atoms with E-state index in [9.17, 15) is 9.59 Å². The van der Waals surface area contributed by atoms with Gasteiger partial charge in [-0.15, -0.1) is 0 Å². The van der Waals surface area contributed by atoms with Crippen LogP contribution in [0.2, 0.25) is 20.1 Å². The third-order valence-corrected chi connectivity index (χ3v) is 5.96. The summed E-state index contributed by atoms with van der Waals surface area (Å²) < 4.78 is 4.89. The number of ether oxygens (including phenoxy) is 1. The molecule has 0 bridgehead atoms. The highest BCUT2D eigenvalue weighted by Crippen LogP contribution is 2.40. The van der Waals surface area contributed by atoms with Crippen LogP contribution in [-0.4, -0.2) is 29.9 Å². The van der Waals surface area contributed by atoms with E-state index in [0.29, 0.717) is 17.0 Å². The maximum atomic E-state index is 12.7. The second-order valence-electron chi connectivity index (χ2n) is 6.13. The quantitative estimate of drug-likeness (QED) is 0.456. The fourth-order valence-corrected chi connectivity index (χ4v) is 4.02. The van der Waals surface area contributed by atoms with Crippen molar-refractivity contribution in [2.75, 3.05) is 7.11 Å². The second kappa shape index (κ2) is 8.27. The lowest BCUT2D eigenvalue weighted by Crippen LogP contribution is -2.42. The third kappa shape index (κ3) is 4.04. The summed E-state index contributed by atoms with van der Waals surface area (Å²) in [6, 6.07) is 9.04. The molecule has 0 radical (unpaired) electrons. The van der Waals surface area contributed by atoms with Gasteiger partial charge < -0.3 is 9.64 Å². The topological polar surface area (TPSA) is 46.6 Å². The van der Waals surface area contributed by atoms with Crippen molar-refractivity contribution in [2.45, 2.75) is 24.9 Å². The summed E-state index contributed by atoms with van der Waals surface area (Å²) in [5.41, 5.74) is 1.40. The third-order valence-electron chi connectivity index (χ3n) is 4.51. The van der Waals surface area contributed by atoms with Gasteiger partial charge in [-0.3, -0.25) is 4.79 Å². The van der Waals surface area contributed by atoms with Crippen LogP contribution in [-0.2, 0) is 14.3 Å². The molecule has 142 valence electrons. The molecular formula is C19H15Cl4NO3. The monoisotopic (exact) mass is 445 g/mol. The SMILES string of the molecule is COC(=O)C1CCC(=O)N1C(c1ccc(Cl)cc1)c1cc(Cl)c(Cl)c(Cl)c1. The number of methoxy groups -OCH3 is 1. The lowest BCUT2D eigenvalue weighted by Gasteiger charge is -2.33. The van der Waals surface area contributed by atoms with Crippen LogP contribution in [0, 0.1) is 0 Å². The highest BCUT2D eigenvalue weighted by Gasteiger charge is 2.42. The summed E-state index contributed by atoms with van der Waals surface area (Å²) in [4.78, 5) is 26.5. The van der Waals surface area contributed by atoms with E-state index in [2.05, 4.69) is 0 Å². The van der Waals surface area contributed by atoms with Crippen LogP contribution in [0.3, 0.4) is 0 Å². The fourth-order valence-electron chi connectivity index (χ4n) is 3.29. The smallest absolute Gasteiger partial charge is 0.328 e. The highest BCUT2D eigenvalue weighted by molar-refractivity contribution is 6.48. The Kier molecular flexibility index (Phi) is 6.21. The summed E-state index contributed by atoms with van der Waals surface area (Å²) in [7, 11) is 1.30. The van der Waals surface area contributed by atoms with Crippen molar-refractivity contribution in [1.29, 1.82) is 0 Å². The number of hydrogen-bond acceptors (Lipinski definition) is 3. The molecule has 4 nitrogen and oxygen atoms in total. The highest BCUT2D eigenvalue weighted by atomic mass is 35.5. The molecule has 1 amide bonds. The zero-order valence-corrected chi connectivity index (χ0v) is 17.2. The first kappa shape index (κ1) is 20.3. The Hall–Kier alpha value is -1.46. The molecule has 0 N–H and O–H groups in total. The predicted molar refractivity (Wildman–Crippen MR) is 107 cm³/mol. The van der Waals surface area contributed by atoms with E-state index in [1.165, 1.54) is 12.0 Å². The largest absolute Gasteiger partial charge is 0.467 e. The molecule has 1 aliphatic rings. The molecule has 27 heavy (non-hydrogen) atoms. The Bertz CT molecular complexity index is 862. The van der Waals surface area contributed by atoms with Gasteiger partial charge >= 0.3 is 5.97 Å². The Morgan fingerprint density at radius 2 is 1.67 bits per heavy atom. The standard InChI is InChI=1S/C19H15Cl4NO3/c1-27-19(26)15-6-7-16(25)24(15)18(10-2-4-12(20)5-3-10)11-8-13(21)17(23)14(22)9-11/h2-5,8-9,15,18H,6-7H2,1H3. The number of nitrogens with zero attached hydrogens (tertiary/aromatic N) is 1. The molecule has 0 spiro atoms. The van der Waals surface area contributed by atoms with Gasteiger partial charge in [0.2, 0.25) is 5.91 Å². The first-order chi connectivity index (χ1) is 12.8. The Morgan fingerprint density at radius 3 is 2.22 bits per heavy atom. The Morgan fingerprint density at radius 1 is 1.07 bits per heavy atom. The minimum atomic E-state index is -0.698. The predicted octanol–water partition coefficient (Wildman–Crippen LogP) is 5.55. The second-order valence-corrected chi connectivity index (χ2v) is 7.76. The van der Waals surface area contributed by atoms with Crippen molar-refractivity contribution in [3.63, 3.8) is 0 Å².